The molecule has 0 spiro atoms. The standard InChI is InChI=1S/C14H16BN3O3S3/c1-8(19)10-4-2-3-9-7-11(15(20)21-12(9)10)23-14-18-17-13(24-14)22-6-5-16/h2-4,11,19-20H,1,5-7,16H2/t11-/m0/s1. The number of aliphatic hydroxyl groups excluding tert-OH is 1. The zero-order valence-electron chi connectivity index (χ0n) is 12.7. The SMILES string of the molecule is C=C(O)c1cccc2c1OB(O)[C@@H](Sc1nnc(SCCN)s1)C2. The monoisotopic (exact) mass is 381 g/mol. The number of hydrogen-bond acceptors (Lipinski definition) is 9. The highest BCUT2D eigenvalue weighted by Gasteiger charge is 2.37. The third kappa shape index (κ3) is 3.89. The lowest BCUT2D eigenvalue weighted by Crippen LogP contribution is -2.40. The molecule has 3 rings (SSSR count). The summed E-state index contributed by atoms with van der Waals surface area (Å²) in [5, 5.41) is 28.0. The molecule has 0 bridgehead atoms. The third-order valence-electron chi connectivity index (χ3n) is 3.37. The van der Waals surface area contributed by atoms with Crippen molar-refractivity contribution in [1.82, 2.24) is 10.2 Å². The molecule has 0 saturated heterocycles. The first-order chi connectivity index (χ1) is 11.6. The molecule has 126 valence electrons. The van der Waals surface area contributed by atoms with Gasteiger partial charge in [0.25, 0.3) is 0 Å². The molecule has 0 radical (unpaired) electrons. The third-order valence-corrected chi connectivity index (χ3v) is 6.78. The molecule has 6 nitrogen and oxygen atoms in total. The van der Waals surface area contributed by atoms with Crippen LogP contribution in [-0.4, -0.2) is 44.9 Å². The van der Waals surface area contributed by atoms with Gasteiger partial charge in [-0.15, -0.1) is 10.2 Å². The molecule has 1 aromatic heterocycles. The van der Waals surface area contributed by atoms with E-state index in [0.29, 0.717) is 24.3 Å². The van der Waals surface area contributed by atoms with Gasteiger partial charge in [0.15, 0.2) is 8.68 Å². The molecule has 0 amide bonds. The average molecular weight is 381 g/mol. The number of nitrogens with two attached hydrogens (primary N) is 1. The number of rotatable bonds is 6. The fourth-order valence-electron chi connectivity index (χ4n) is 2.30. The minimum atomic E-state index is -0.993. The molecular formula is C14H16BN3O3S3. The number of thioether (sulfide) groups is 2. The molecule has 0 unspecified atom stereocenters. The minimum Gasteiger partial charge on any atom is -0.535 e. The summed E-state index contributed by atoms with van der Waals surface area (Å²) in [5.74, 6) is 1.22. The summed E-state index contributed by atoms with van der Waals surface area (Å²) in [4.78, 5) is 0. The Balaban J connectivity index is 1.73. The molecule has 0 fully saturated rings. The van der Waals surface area contributed by atoms with Crippen molar-refractivity contribution in [2.24, 2.45) is 5.73 Å². The van der Waals surface area contributed by atoms with Crippen LogP contribution < -0.4 is 10.4 Å². The largest absolute Gasteiger partial charge is 0.537 e. The molecule has 1 aromatic carbocycles. The van der Waals surface area contributed by atoms with Gasteiger partial charge in [-0.2, -0.15) is 0 Å². The Morgan fingerprint density at radius 1 is 1.46 bits per heavy atom. The van der Waals surface area contributed by atoms with Gasteiger partial charge in [-0.05, 0) is 18.1 Å². The molecule has 24 heavy (non-hydrogen) atoms. The van der Waals surface area contributed by atoms with Crippen LogP contribution in [0.4, 0.5) is 0 Å². The molecule has 4 N–H and O–H groups in total. The highest BCUT2D eigenvalue weighted by molar-refractivity contribution is 8.04. The van der Waals surface area contributed by atoms with Gasteiger partial charge in [-0.3, -0.25) is 0 Å². The Labute approximate surface area is 152 Å². The number of nitrogens with zero attached hydrogens (tertiary/aromatic N) is 2. The van der Waals surface area contributed by atoms with Crippen LogP contribution in [0, 0.1) is 0 Å². The summed E-state index contributed by atoms with van der Waals surface area (Å²) in [5.41, 5.74) is 6.92. The van der Waals surface area contributed by atoms with E-state index in [1.54, 1.807) is 17.8 Å². The van der Waals surface area contributed by atoms with Crippen molar-refractivity contribution in [3.05, 3.63) is 35.9 Å². The molecule has 0 aliphatic carbocycles. The second-order valence-electron chi connectivity index (χ2n) is 5.08. The Morgan fingerprint density at radius 2 is 2.25 bits per heavy atom. The van der Waals surface area contributed by atoms with Gasteiger partial charge in [0.2, 0.25) is 0 Å². The smallest absolute Gasteiger partial charge is 0.535 e. The summed E-state index contributed by atoms with van der Waals surface area (Å²) in [6.07, 6.45) is 0.604. The molecule has 1 atom stereocenters. The maximum absolute atomic E-state index is 10.3. The lowest BCUT2D eigenvalue weighted by molar-refractivity contribution is 0.392. The van der Waals surface area contributed by atoms with E-state index >= 15 is 0 Å². The van der Waals surface area contributed by atoms with Gasteiger partial charge < -0.3 is 20.5 Å². The zero-order chi connectivity index (χ0) is 17.1. The predicted molar refractivity (Wildman–Crippen MR) is 99.7 cm³/mol. The number of aromatic nitrogens is 2. The lowest BCUT2D eigenvalue weighted by Gasteiger charge is -2.27. The molecule has 2 heterocycles. The van der Waals surface area contributed by atoms with E-state index in [2.05, 4.69) is 16.8 Å². The van der Waals surface area contributed by atoms with Gasteiger partial charge >= 0.3 is 7.12 Å². The first kappa shape index (κ1) is 17.6. The lowest BCUT2D eigenvalue weighted by atomic mass is 9.77. The Kier molecular flexibility index (Phi) is 5.72. The van der Waals surface area contributed by atoms with Crippen molar-refractivity contribution >= 4 is 47.7 Å². The number of aliphatic hydroxyl groups is 1. The fourth-order valence-corrected chi connectivity index (χ4v) is 5.47. The van der Waals surface area contributed by atoms with E-state index in [1.807, 2.05) is 12.1 Å². The van der Waals surface area contributed by atoms with Gasteiger partial charge in [0.05, 0.1) is 10.7 Å². The Morgan fingerprint density at radius 3 is 3.00 bits per heavy atom. The van der Waals surface area contributed by atoms with Gasteiger partial charge in [-0.25, -0.2) is 0 Å². The van der Waals surface area contributed by atoms with E-state index in [1.165, 1.54) is 23.1 Å². The van der Waals surface area contributed by atoms with E-state index in [0.717, 1.165) is 20.0 Å². The normalized spacial score (nSPS) is 16.6. The number of para-hydroxylation sites is 1. The highest BCUT2D eigenvalue weighted by atomic mass is 32.2. The molecule has 2 aromatic rings. The van der Waals surface area contributed by atoms with Crippen LogP contribution in [0.2, 0.25) is 0 Å². The average Bonchev–Trinajstić information content (AvgIpc) is 3.00. The zero-order valence-corrected chi connectivity index (χ0v) is 15.2. The van der Waals surface area contributed by atoms with Crippen LogP contribution >= 0.6 is 34.9 Å². The first-order valence-electron chi connectivity index (χ1n) is 7.26. The van der Waals surface area contributed by atoms with Crippen molar-refractivity contribution in [3.8, 4) is 5.75 Å². The van der Waals surface area contributed by atoms with E-state index in [-0.39, 0.29) is 10.9 Å². The molecule has 10 heteroatoms. The second-order valence-corrected chi connectivity index (χ2v) is 8.89. The predicted octanol–water partition coefficient (Wildman–Crippen LogP) is 2.23. The number of fused-ring (bicyclic) bond motifs is 1. The fraction of sp³-hybridized carbons (Fsp3) is 0.286. The van der Waals surface area contributed by atoms with Crippen molar-refractivity contribution in [3.63, 3.8) is 0 Å². The maximum Gasteiger partial charge on any atom is 0.537 e. The molecule has 1 aliphatic rings. The van der Waals surface area contributed by atoms with Crippen LogP contribution in [0.25, 0.3) is 5.76 Å². The molecular weight excluding hydrogens is 365 g/mol. The number of hydrogen-bond donors (Lipinski definition) is 3. The van der Waals surface area contributed by atoms with Crippen molar-refractivity contribution in [2.45, 2.75) is 20.2 Å². The second kappa shape index (κ2) is 7.79. The summed E-state index contributed by atoms with van der Waals surface area (Å²) in [6, 6.07) is 5.47. The van der Waals surface area contributed by atoms with Crippen LogP contribution in [0.1, 0.15) is 11.1 Å². The van der Waals surface area contributed by atoms with Crippen LogP contribution in [0.3, 0.4) is 0 Å². The van der Waals surface area contributed by atoms with Gasteiger partial charge in [0.1, 0.15) is 11.5 Å². The quantitative estimate of drug-likeness (QED) is 0.398. The first-order valence-corrected chi connectivity index (χ1v) is 9.94. The van der Waals surface area contributed by atoms with Crippen LogP contribution in [0.15, 0.2) is 33.5 Å². The van der Waals surface area contributed by atoms with Crippen molar-refractivity contribution in [1.29, 1.82) is 0 Å². The number of benzene rings is 1. The summed E-state index contributed by atoms with van der Waals surface area (Å²) in [6.45, 7) is 4.13. The topological polar surface area (TPSA) is 101 Å². The summed E-state index contributed by atoms with van der Waals surface area (Å²) >= 11 is 4.50. The highest BCUT2D eigenvalue weighted by Crippen LogP contribution is 2.39. The van der Waals surface area contributed by atoms with E-state index < -0.39 is 7.12 Å². The van der Waals surface area contributed by atoms with Gasteiger partial charge in [-0.1, -0.05) is 53.6 Å². The summed E-state index contributed by atoms with van der Waals surface area (Å²) in [7, 11) is -0.993. The van der Waals surface area contributed by atoms with E-state index in [9.17, 15) is 10.1 Å². The maximum atomic E-state index is 10.3. The van der Waals surface area contributed by atoms with Crippen molar-refractivity contribution in [2.75, 3.05) is 12.3 Å². The minimum absolute atomic E-state index is 0.0733. The molecule has 0 saturated carbocycles. The van der Waals surface area contributed by atoms with Gasteiger partial charge in [0, 0.05) is 12.3 Å². The molecule has 1 aliphatic heterocycles. The van der Waals surface area contributed by atoms with Crippen LogP contribution in [-0.2, 0) is 6.42 Å². The summed E-state index contributed by atoms with van der Waals surface area (Å²) < 4.78 is 7.28. The van der Waals surface area contributed by atoms with Crippen molar-refractivity contribution < 1.29 is 14.8 Å². The Hall–Kier alpha value is -1.20. The Bertz CT molecular complexity index is 743. The van der Waals surface area contributed by atoms with Crippen LogP contribution in [0.5, 0.6) is 5.75 Å². The van der Waals surface area contributed by atoms with E-state index in [4.69, 9.17) is 10.4 Å².